The Hall–Kier alpha value is -0.0800. The van der Waals surface area contributed by atoms with E-state index in [1.54, 1.807) is 0 Å². The zero-order valence-corrected chi connectivity index (χ0v) is 9.04. The van der Waals surface area contributed by atoms with Crippen LogP contribution in [0.3, 0.4) is 0 Å². The quantitative estimate of drug-likeness (QED) is 0.624. The van der Waals surface area contributed by atoms with Crippen molar-refractivity contribution in [3.63, 3.8) is 0 Å². The van der Waals surface area contributed by atoms with E-state index in [0.29, 0.717) is 0 Å². The van der Waals surface area contributed by atoms with Crippen LogP contribution in [0.1, 0.15) is 57.8 Å². The first kappa shape index (κ1) is 10.4. The van der Waals surface area contributed by atoms with Crippen molar-refractivity contribution in [1.82, 2.24) is 5.32 Å². The maximum Gasteiger partial charge on any atom is 0.0540 e. The Labute approximate surface area is 87.1 Å². The Bertz CT molecular complexity index is 156. The maximum absolute atomic E-state index is 9.67. The first-order valence-electron chi connectivity index (χ1n) is 6.29. The molecule has 0 aromatic carbocycles. The van der Waals surface area contributed by atoms with Crippen LogP contribution in [0.15, 0.2) is 0 Å². The van der Waals surface area contributed by atoms with Gasteiger partial charge in [0.2, 0.25) is 0 Å². The maximum atomic E-state index is 9.67. The molecule has 0 saturated carbocycles. The summed E-state index contributed by atoms with van der Waals surface area (Å²) in [4.78, 5) is 0. The summed E-state index contributed by atoms with van der Waals surface area (Å²) in [6.45, 7) is 0. The highest BCUT2D eigenvalue weighted by molar-refractivity contribution is 4.81. The molecule has 2 saturated heterocycles. The van der Waals surface area contributed by atoms with Crippen molar-refractivity contribution >= 4 is 0 Å². The van der Waals surface area contributed by atoms with Crippen molar-refractivity contribution < 1.29 is 5.11 Å². The van der Waals surface area contributed by atoms with Gasteiger partial charge in [-0.25, -0.2) is 0 Å². The molecule has 2 heterocycles. The van der Waals surface area contributed by atoms with Crippen LogP contribution in [0.2, 0.25) is 0 Å². The molecule has 2 aliphatic rings. The molecule has 0 aromatic rings. The molecule has 14 heavy (non-hydrogen) atoms. The van der Waals surface area contributed by atoms with Gasteiger partial charge in [0, 0.05) is 12.1 Å². The Balaban J connectivity index is 1.86. The number of hydrogen-bond acceptors (Lipinski definition) is 2. The van der Waals surface area contributed by atoms with Gasteiger partial charge < -0.3 is 10.4 Å². The van der Waals surface area contributed by atoms with Crippen molar-refractivity contribution in [3.05, 3.63) is 0 Å². The minimum atomic E-state index is -0.0196. The Morgan fingerprint density at radius 3 is 1.64 bits per heavy atom. The minimum absolute atomic E-state index is 0.0196. The summed E-state index contributed by atoms with van der Waals surface area (Å²) in [5.74, 6) is 0. The van der Waals surface area contributed by atoms with Crippen molar-refractivity contribution in [3.8, 4) is 0 Å². The fourth-order valence-corrected chi connectivity index (χ4v) is 2.91. The van der Waals surface area contributed by atoms with Crippen molar-refractivity contribution in [2.75, 3.05) is 0 Å². The molecule has 2 aliphatic heterocycles. The average molecular weight is 197 g/mol. The molecule has 0 amide bonds. The molecule has 2 heteroatoms. The van der Waals surface area contributed by atoms with E-state index in [1.807, 2.05) is 0 Å². The number of fused-ring (bicyclic) bond motifs is 2. The Morgan fingerprint density at radius 2 is 1.14 bits per heavy atom. The lowest BCUT2D eigenvalue weighted by atomic mass is 9.90. The van der Waals surface area contributed by atoms with Gasteiger partial charge >= 0.3 is 0 Å². The Kier molecular flexibility index (Phi) is 3.82. The third kappa shape index (κ3) is 2.96. The molecule has 0 spiro atoms. The van der Waals surface area contributed by atoms with E-state index in [-0.39, 0.29) is 6.10 Å². The fourth-order valence-electron chi connectivity index (χ4n) is 2.91. The minimum Gasteiger partial charge on any atom is -0.393 e. The molecule has 0 radical (unpaired) electrons. The summed E-state index contributed by atoms with van der Waals surface area (Å²) in [6.07, 6.45) is 11.1. The van der Waals surface area contributed by atoms with E-state index in [4.69, 9.17) is 0 Å². The number of nitrogens with one attached hydrogen (secondary N) is 1. The molecule has 0 unspecified atom stereocenters. The predicted octanol–water partition coefficient (Wildman–Crippen LogP) is 2.21. The van der Waals surface area contributed by atoms with E-state index in [2.05, 4.69) is 5.32 Å². The van der Waals surface area contributed by atoms with E-state index < -0.39 is 0 Å². The summed E-state index contributed by atoms with van der Waals surface area (Å²) >= 11 is 0. The van der Waals surface area contributed by atoms with Crippen LogP contribution < -0.4 is 5.32 Å². The number of aliphatic hydroxyl groups excluding tert-OH is 1. The highest BCUT2D eigenvalue weighted by Crippen LogP contribution is 2.23. The first-order chi connectivity index (χ1) is 6.84. The van der Waals surface area contributed by atoms with Crippen molar-refractivity contribution in [2.45, 2.75) is 76.0 Å². The van der Waals surface area contributed by atoms with E-state index in [9.17, 15) is 5.11 Å². The summed E-state index contributed by atoms with van der Waals surface area (Å²) < 4.78 is 0. The molecule has 2 atom stereocenters. The monoisotopic (exact) mass is 197 g/mol. The van der Waals surface area contributed by atoms with E-state index in [0.717, 1.165) is 24.9 Å². The molecule has 2 nitrogen and oxygen atoms in total. The van der Waals surface area contributed by atoms with Gasteiger partial charge in [0.05, 0.1) is 6.10 Å². The van der Waals surface area contributed by atoms with Gasteiger partial charge in [-0.15, -0.1) is 0 Å². The summed E-state index contributed by atoms with van der Waals surface area (Å²) in [5.41, 5.74) is 0. The fraction of sp³-hybridized carbons (Fsp3) is 1.00. The molecule has 2 fully saturated rings. The van der Waals surface area contributed by atoms with Gasteiger partial charge in [0.25, 0.3) is 0 Å². The van der Waals surface area contributed by atoms with Crippen LogP contribution >= 0.6 is 0 Å². The van der Waals surface area contributed by atoms with Gasteiger partial charge in [-0.05, 0) is 51.4 Å². The number of hydrogen-bond donors (Lipinski definition) is 2. The van der Waals surface area contributed by atoms with Crippen molar-refractivity contribution in [1.29, 1.82) is 0 Å². The standard InChI is InChI=1S/C12H23NO/c14-12-8-2-6-10-4-1-5-11(13-10)7-3-9-12/h10-14H,1-9H2/t10-,11-/m0/s1. The second-order valence-electron chi connectivity index (χ2n) is 5.01. The molecule has 2 N–H and O–H groups in total. The normalized spacial score (nSPS) is 36.6. The number of piperidine rings is 1. The molecular formula is C12H23NO. The number of aliphatic hydroxyl groups is 1. The van der Waals surface area contributed by atoms with Crippen LogP contribution in [0, 0.1) is 0 Å². The lowest BCUT2D eigenvalue weighted by Crippen LogP contribution is -2.42. The van der Waals surface area contributed by atoms with Crippen LogP contribution in [0.5, 0.6) is 0 Å². The Morgan fingerprint density at radius 1 is 0.714 bits per heavy atom. The van der Waals surface area contributed by atoms with Gasteiger partial charge in [0.1, 0.15) is 0 Å². The molecular weight excluding hydrogens is 174 g/mol. The molecule has 2 bridgehead atoms. The van der Waals surface area contributed by atoms with Crippen LogP contribution in [0.25, 0.3) is 0 Å². The van der Waals surface area contributed by atoms with Crippen molar-refractivity contribution in [2.24, 2.45) is 0 Å². The predicted molar refractivity (Wildman–Crippen MR) is 58.3 cm³/mol. The first-order valence-corrected chi connectivity index (χ1v) is 6.29. The summed E-state index contributed by atoms with van der Waals surface area (Å²) in [5, 5.41) is 13.4. The zero-order chi connectivity index (χ0) is 9.80. The lowest BCUT2D eigenvalue weighted by molar-refractivity contribution is 0.136. The summed E-state index contributed by atoms with van der Waals surface area (Å²) in [7, 11) is 0. The lowest BCUT2D eigenvalue weighted by Gasteiger charge is -2.32. The van der Waals surface area contributed by atoms with E-state index in [1.165, 1.54) is 44.9 Å². The van der Waals surface area contributed by atoms with Crippen LogP contribution in [-0.2, 0) is 0 Å². The van der Waals surface area contributed by atoms with E-state index >= 15 is 0 Å². The SMILES string of the molecule is OC1CCC[C@@H]2CCC[C@@H](CCC1)N2. The second kappa shape index (κ2) is 5.13. The smallest absolute Gasteiger partial charge is 0.0540 e. The largest absolute Gasteiger partial charge is 0.393 e. The third-order valence-electron chi connectivity index (χ3n) is 3.76. The number of rotatable bonds is 0. The average Bonchev–Trinajstić information content (AvgIpc) is 2.18. The highest BCUT2D eigenvalue weighted by atomic mass is 16.3. The third-order valence-corrected chi connectivity index (χ3v) is 3.76. The molecule has 82 valence electrons. The van der Waals surface area contributed by atoms with Gasteiger partial charge in [-0.1, -0.05) is 6.42 Å². The zero-order valence-electron chi connectivity index (χ0n) is 9.04. The van der Waals surface area contributed by atoms with Crippen LogP contribution in [0.4, 0.5) is 0 Å². The topological polar surface area (TPSA) is 32.3 Å². The molecule has 0 aliphatic carbocycles. The van der Waals surface area contributed by atoms with Gasteiger partial charge in [-0.2, -0.15) is 0 Å². The summed E-state index contributed by atoms with van der Waals surface area (Å²) in [6, 6.07) is 1.50. The molecule has 2 rings (SSSR count). The second-order valence-corrected chi connectivity index (χ2v) is 5.01. The highest BCUT2D eigenvalue weighted by Gasteiger charge is 2.21. The molecule has 0 aromatic heterocycles. The van der Waals surface area contributed by atoms with Gasteiger partial charge in [0.15, 0.2) is 0 Å². The van der Waals surface area contributed by atoms with Gasteiger partial charge in [-0.3, -0.25) is 0 Å². The van der Waals surface area contributed by atoms with Crippen LogP contribution in [-0.4, -0.2) is 23.3 Å².